The lowest BCUT2D eigenvalue weighted by molar-refractivity contribution is 0.257. The SMILES string of the molecule is C#CCN1CCCN([C@@H]2CCNC2)S1(=O)=O. The topological polar surface area (TPSA) is 52.6 Å². The normalized spacial score (nSPS) is 31.3. The molecule has 0 bridgehead atoms. The van der Waals surface area contributed by atoms with E-state index in [1.165, 1.54) is 4.31 Å². The molecule has 0 saturated carbocycles. The van der Waals surface area contributed by atoms with E-state index in [0.717, 1.165) is 25.9 Å². The summed E-state index contributed by atoms with van der Waals surface area (Å²) in [6, 6.07) is 0.102. The average molecular weight is 243 g/mol. The van der Waals surface area contributed by atoms with Crippen molar-refractivity contribution in [1.29, 1.82) is 0 Å². The lowest BCUT2D eigenvalue weighted by Gasteiger charge is -2.36. The molecular formula is C10H17N3O2S. The van der Waals surface area contributed by atoms with E-state index >= 15 is 0 Å². The minimum Gasteiger partial charge on any atom is -0.315 e. The van der Waals surface area contributed by atoms with Gasteiger partial charge in [0.15, 0.2) is 0 Å². The minimum atomic E-state index is -3.33. The van der Waals surface area contributed by atoms with Crippen molar-refractivity contribution >= 4 is 10.2 Å². The van der Waals surface area contributed by atoms with Crippen molar-refractivity contribution in [1.82, 2.24) is 13.9 Å². The van der Waals surface area contributed by atoms with Crippen LogP contribution in [-0.2, 0) is 10.2 Å². The first kappa shape index (κ1) is 11.9. The molecule has 2 fully saturated rings. The summed E-state index contributed by atoms with van der Waals surface area (Å²) in [7, 11) is -3.33. The van der Waals surface area contributed by atoms with Crippen LogP contribution in [0.1, 0.15) is 12.8 Å². The van der Waals surface area contributed by atoms with Crippen molar-refractivity contribution in [3.8, 4) is 12.3 Å². The molecule has 2 rings (SSSR count). The standard InChI is InChI=1S/C10H17N3O2S/c1-2-6-12-7-3-8-13(16(12,14)15)10-4-5-11-9-10/h1,10-11H,3-9H2/t10-/m1/s1. The van der Waals surface area contributed by atoms with E-state index in [4.69, 9.17) is 6.42 Å². The summed E-state index contributed by atoms with van der Waals surface area (Å²) in [5, 5.41) is 3.19. The lowest BCUT2D eigenvalue weighted by Crippen LogP contribution is -2.54. The third-order valence-electron chi connectivity index (χ3n) is 3.12. The van der Waals surface area contributed by atoms with E-state index in [1.807, 2.05) is 0 Å². The smallest absolute Gasteiger partial charge is 0.283 e. The molecule has 0 radical (unpaired) electrons. The van der Waals surface area contributed by atoms with Gasteiger partial charge in [-0.15, -0.1) is 6.42 Å². The summed E-state index contributed by atoms with van der Waals surface area (Å²) in [5.41, 5.74) is 0. The van der Waals surface area contributed by atoms with E-state index in [0.29, 0.717) is 13.1 Å². The maximum atomic E-state index is 12.2. The fourth-order valence-electron chi connectivity index (χ4n) is 2.30. The van der Waals surface area contributed by atoms with Gasteiger partial charge in [-0.05, 0) is 19.4 Å². The Kier molecular flexibility index (Phi) is 3.50. The number of nitrogens with zero attached hydrogens (tertiary/aromatic N) is 2. The van der Waals surface area contributed by atoms with Crippen LogP contribution < -0.4 is 5.32 Å². The molecule has 16 heavy (non-hydrogen) atoms. The number of rotatable bonds is 2. The van der Waals surface area contributed by atoms with Gasteiger partial charge in [0.1, 0.15) is 0 Å². The van der Waals surface area contributed by atoms with Gasteiger partial charge < -0.3 is 5.32 Å². The maximum Gasteiger partial charge on any atom is 0.283 e. The third-order valence-corrected chi connectivity index (χ3v) is 5.16. The maximum absolute atomic E-state index is 12.2. The number of nitrogens with one attached hydrogen (secondary N) is 1. The van der Waals surface area contributed by atoms with Crippen LogP contribution in [0.5, 0.6) is 0 Å². The second-order valence-corrected chi connectivity index (χ2v) is 6.04. The second-order valence-electron chi connectivity index (χ2n) is 4.16. The first-order valence-corrected chi connectivity index (χ1v) is 6.97. The Morgan fingerprint density at radius 2 is 2.25 bits per heavy atom. The highest BCUT2D eigenvalue weighted by Crippen LogP contribution is 2.21. The Morgan fingerprint density at radius 1 is 1.44 bits per heavy atom. The van der Waals surface area contributed by atoms with E-state index in [-0.39, 0.29) is 12.6 Å². The minimum absolute atomic E-state index is 0.102. The van der Waals surface area contributed by atoms with Gasteiger partial charge in [0, 0.05) is 25.7 Å². The van der Waals surface area contributed by atoms with Crippen LogP contribution in [0.15, 0.2) is 0 Å². The predicted octanol–water partition coefficient (Wildman–Crippen LogP) is -0.766. The van der Waals surface area contributed by atoms with Crippen LogP contribution in [-0.4, -0.2) is 55.8 Å². The first-order valence-electron chi connectivity index (χ1n) is 5.57. The molecule has 0 aromatic carbocycles. The molecule has 0 aliphatic carbocycles. The zero-order valence-electron chi connectivity index (χ0n) is 9.22. The van der Waals surface area contributed by atoms with Crippen molar-refractivity contribution < 1.29 is 8.42 Å². The Labute approximate surface area is 97.0 Å². The van der Waals surface area contributed by atoms with Crippen molar-refractivity contribution in [3.05, 3.63) is 0 Å². The zero-order valence-corrected chi connectivity index (χ0v) is 10.0. The summed E-state index contributed by atoms with van der Waals surface area (Å²) >= 11 is 0. The molecule has 2 saturated heterocycles. The highest BCUT2D eigenvalue weighted by Gasteiger charge is 2.38. The molecule has 0 aromatic heterocycles. The molecule has 6 heteroatoms. The van der Waals surface area contributed by atoms with Crippen LogP contribution in [0.3, 0.4) is 0 Å². The van der Waals surface area contributed by atoms with Crippen LogP contribution in [0.25, 0.3) is 0 Å². The fraction of sp³-hybridized carbons (Fsp3) is 0.800. The van der Waals surface area contributed by atoms with E-state index in [2.05, 4.69) is 11.2 Å². The largest absolute Gasteiger partial charge is 0.315 e. The molecule has 0 aromatic rings. The highest BCUT2D eigenvalue weighted by molar-refractivity contribution is 7.86. The molecule has 2 aliphatic rings. The van der Waals surface area contributed by atoms with Crippen molar-refractivity contribution in [3.63, 3.8) is 0 Å². The van der Waals surface area contributed by atoms with Crippen molar-refractivity contribution in [2.45, 2.75) is 18.9 Å². The van der Waals surface area contributed by atoms with Gasteiger partial charge in [-0.2, -0.15) is 17.0 Å². The Balaban J connectivity index is 2.16. The molecule has 90 valence electrons. The Bertz CT molecular complexity index is 381. The van der Waals surface area contributed by atoms with E-state index in [1.54, 1.807) is 4.31 Å². The average Bonchev–Trinajstić information content (AvgIpc) is 2.74. The summed E-state index contributed by atoms with van der Waals surface area (Å²) in [6.45, 7) is 2.99. The first-order chi connectivity index (χ1) is 7.66. The van der Waals surface area contributed by atoms with Gasteiger partial charge in [0.2, 0.25) is 0 Å². The molecule has 2 heterocycles. The summed E-state index contributed by atoms with van der Waals surface area (Å²) in [4.78, 5) is 0. The molecule has 1 atom stereocenters. The van der Waals surface area contributed by atoms with Crippen molar-refractivity contribution in [2.24, 2.45) is 0 Å². The highest BCUT2D eigenvalue weighted by atomic mass is 32.2. The van der Waals surface area contributed by atoms with Gasteiger partial charge in [0.25, 0.3) is 10.2 Å². The number of terminal acetylenes is 1. The van der Waals surface area contributed by atoms with Gasteiger partial charge in [0.05, 0.1) is 6.54 Å². The van der Waals surface area contributed by atoms with Crippen LogP contribution in [0.4, 0.5) is 0 Å². The quantitative estimate of drug-likeness (QED) is 0.648. The Hall–Kier alpha value is -0.610. The fourth-order valence-corrected chi connectivity index (χ4v) is 4.11. The van der Waals surface area contributed by atoms with Crippen molar-refractivity contribution in [2.75, 3.05) is 32.7 Å². The van der Waals surface area contributed by atoms with Gasteiger partial charge in [-0.3, -0.25) is 0 Å². The van der Waals surface area contributed by atoms with Crippen LogP contribution >= 0.6 is 0 Å². The van der Waals surface area contributed by atoms with E-state index < -0.39 is 10.2 Å². The molecular weight excluding hydrogens is 226 g/mol. The molecule has 0 spiro atoms. The number of hydrogen-bond donors (Lipinski definition) is 1. The van der Waals surface area contributed by atoms with Gasteiger partial charge in [-0.1, -0.05) is 5.92 Å². The predicted molar refractivity (Wildman–Crippen MR) is 61.9 cm³/mol. The second kappa shape index (κ2) is 4.72. The summed E-state index contributed by atoms with van der Waals surface area (Å²) < 4.78 is 27.4. The van der Waals surface area contributed by atoms with Gasteiger partial charge >= 0.3 is 0 Å². The Morgan fingerprint density at radius 3 is 2.88 bits per heavy atom. The molecule has 5 nitrogen and oxygen atoms in total. The lowest BCUT2D eigenvalue weighted by atomic mass is 10.2. The van der Waals surface area contributed by atoms with Gasteiger partial charge in [-0.25, -0.2) is 0 Å². The molecule has 2 aliphatic heterocycles. The molecule has 1 N–H and O–H groups in total. The number of hydrogen-bond acceptors (Lipinski definition) is 3. The summed E-state index contributed by atoms with van der Waals surface area (Å²) in [5.74, 6) is 2.41. The van der Waals surface area contributed by atoms with Crippen LogP contribution in [0, 0.1) is 12.3 Å². The third kappa shape index (κ3) is 2.09. The van der Waals surface area contributed by atoms with Crippen LogP contribution in [0.2, 0.25) is 0 Å². The van der Waals surface area contributed by atoms with E-state index in [9.17, 15) is 8.42 Å². The molecule has 0 unspecified atom stereocenters. The summed E-state index contributed by atoms with van der Waals surface area (Å²) in [6.07, 6.45) is 6.94. The zero-order chi connectivity index (χ0) is 11.6. The molecule has 0 amide bonds. The monoisotopic (exact) mass is 243 g/mol.